The predicted octanol–water partition coefficient (Wildman–Crippen LogP) is 8.30. The van der Waals surface area contributed by atoms with Crippen molar-refractivity contribution in [2.45, 2.75) is 25.3 Å². The molecule has 3 aromatic rings. The molecule has 1 saturated carbocycles. The Kier molecular flexibility index (Phi) is 6.55. The summed E-state index contributed by atoms with van der Waals surface area (Å²) < 4.78 is 2.07. The third-order valence-electron chi connectivity index (χ3n) is 6.20. The van der Waals surface area contributed by atoms with E-state index in [1.54, 1.807) is 29.3 Å². The number of hydrogen-bond acceptors (Lipinski definition) is 2. The van der Waals surface area contributed by atoms with Crippen molar-refractivity contribution < 1.29 is 4.79 Å². The van der Waals surface area contributed by atoms with E-state index in [2.05, 4.69) is 62.2 Å². The zero-order valence-electron chi connectivity index (χ0n) is 17.7. The lowest BCUT2D eigenvalue weighted by atomic mass is 9.77. The minimum absolute atomic E-state index is 0.129. The van der Waals surface area contributed by atoms with Crippen LogP contribution in [-0.2, 0) is 0 Å². The molecule has 0 unspecified atom stereocenters. The molecule has 1 heterocycles. The van der Waals surface area contributed by atoms with Gasteiger partial charge in [0.1, 0.15) is 0 Å². The van der Waals surface area contributed by atoms with E-state index in [1.807, 2.05) is 24.3 Å². The van der Waals surface area contributed by atoms with Gasteiger partial charge in [0, 0.05) is 25.4 Å². The van der Waals surface area contributed by atoms with Crippen LogP contribution in [0.15, 0.2) is 92.4 Å². The van der Waals surface area contributed by atoms with Gasteiger partial charge in [-0.25, -0.2) is 5.01 Å². The fourth-order valence-corrected chi connectivity index (χ4v) is 5.39. The number of nitrogens with zero attached hydrogens (tertiary/aromatic N) is 2. The molecule has 2 atom stereocenters. The number of allylic oxidation sites excluding steroid dienone is 1. The molecule has 5 rings (SSSR count). The number of hydrogen-bond donors (Lipinski definition) is 0. The summed E-state index contributed by atoms with van der Waals surface area (Å²) in [5.74, 6) is 0.0278. The molecule has 0 radical (unpaired) electrons. The molecule has 0 spiro atoms. The summed E-state index contributed by atoms with van der Waals surface area (Å²) >= 11 is 13.2. The molecule has 1 fully saturated rings. The highest BCUT2D eigenvalue weighted by molar-refractivity contribution is 9.10. The van der Waals surface area contributed by atoms with Gasteiger partial charge in [-0.1, -0.05) is 73.8 Å². The van der Waals surface area contributed by atoms with Gasteiger partial charge in [-0.05, 0) is 84.5 Å². The monoisotopic (exact) mass is 582 g/mol. The standard InChI is InChI=1S/C27H21Br2ClN2O/c28-21-11-7-17(8-12-21)15-19-3-2-6-24-25(19)31-32(26(24)18-9-13-22(29)14-10-18)27(33)20-4-1-5-23(30)16-20/h1,4-5,7-16,24,26H,2-3,6H2/b19-15+/t24-,26-/m1/s1. The average Bonchev–Trinajstić information content (AvgIpc) is 3.21. The minimum atomic E-state index is -0.145. The highest BCUT2D eigenvalue weighted by atomic mass is 79.9. The second kappa shape index (κ2) is 9.57. The summed E-state index contributed by atoms with van der Waals surface area (Å²) in [7, 11) is 0. The largest absolute Gasteiger partial charge is 0.274 e. The molecular weight excluding hydrogens is 564 g/mol. The highest BCUT2D eigenvalue weighted by Gasteiger charge is 2.43. The molecule has 166 valence electrons. The predicted molar refractivity (Wildman–Crippen MR) is 141 cm³/mol. The molecular formula is C27H21Br2ClN2O. The van der Waals surface area contributed by atoms with Crippen LogP contribution in [0.5, 0.6) is 0 Å². The molecule has 1 aliphatic heterocycles. The van der Waals surface area contributed by atoms with Crippen molar-refractivity contribution in [1.29, 1.82) is 0 Å². The molecule has 6 heteroatoms. The maximum Gasteiger partial charge on any atom is 0.274 e. The van der Waals surface area contributed by atoms with E-state index in [4.69, 9.17) is 16.7 Å². The highest BCUT2D eigenvalue weighted by Crippen LogP contribution is 2.45. The van der Waals surface area contributed by atoms with Crippen LogP contribution in [0.1, 0.15) is 46.8 Å². The van der Waals surface area contributed by atoms with Crippen molar-refractivity contribution in [2.24, 2.45) is 11.0 Å². The van der Waals surface area contributed by atoms with Gasteiger partial charge in [0.05, 0.1) is 11.8 Å². The summed E-state index contributed by atoms with van der Waals surface area (Å²) in [5.41, 5.74) is 4.99. The number of halogens is 3. The maximum atomic E-state index is 13.6. The van der Waals surface area contributed by atoms with Gasteiger partial charge in [-0.3, -0.25) is 4.79 Å². The Morgan fingerprint density at radius 2 is 1.70 bits per heavy atom. The van der Waals surface area contributed by atoms with Gasteiger partial charge in [0.2, 0.25) is 0 Å². The third kappa shape index (κ3) is 4.72. The van der Waals surface area contributed by atoms with E-state index in [0.717, 1.165) is 45.0 Å². The van der Waals surface area contributed by atoms with Gasteiger partial charge in [-0.15, -0.1) is 0 Å². The Labute approximate surface area is 215 Å². The van der Waals surface area contributed by atoms with Crippen LogP contribution in [0.3, 0.4) is 0 Å². The van der Waals surface area contributed by atoms with Crippen molar-refractivity contribution >= 4 is 61.2 Å². The lowest BCUT2D eigenvalue weighted by Gasteiger charge is -2.29. The number of rotatable bonds is 3. The number of carbonyl (C=O) groups is 1. The Bertz CT molecular complexity index is 1250. The Morgan fingerprint density at radius 3 is 2.39 bits per heavy atom. The number of hydrazone groups is 1. The van der Waals surface area contributed by atoms with Crippen LogP contribution < -0.4 is 0 Å². The van der Waals surface area contributed by atoms with E-state index in [9.17, 15) is 4.79 Å². The number of fused-ring (bicyclic) bond motifs is 1. The van der Waals surface area contributed by atoms with Gasteiger partial charge in [0.15, 0.2) is 0 Å². The zero-order chi connectivity index (χ0) is 22.9. The minimum Gasteiger partial charge on any atom is -0.267 e. The summed E-state index contributed by atoms with van der Waals surface area (Å²) in [4.78, 5) is 13.6. The third-order valence-corrected chi connectivity index (χ3v) is 7.50. The van der Waals surface area contributed by atoms with Crippen molar-refractivity contribution in [2.75, 3.05) is 0 Å². The van der Waals surface area contributed by atoms with Crippen LogP contribution in [0.4, 0.5) is 0 Å². The Morgan fingerprint density at radius 1 is 1.00 bits per heavy atom. The van der Waals surface area contributed by atoms with Gasteiger partial charge >= 0.3 is 0 Å². The zero-order valence-corrected chi connectivity index (χ0v) is 21.6. The molecule has 1 amide bonds. The first-order valence-corrected chi connectivity index (χ1v) is 12.9. The molecule has 33 heavy (non-hydrogen) atoms. The lowest BCUT2D eigenvalue weighted by Crippen LogP contribution is -2.31. The van der Waals surface area contributed by atoms with E-state index in [1.165, 1.54) is 5.57 Å². The fraction of sp³-hybridized carbons (Fsp3) is 0.185. The number of carbonyl (C=O) groups excluding carboxylic acids is 1. The van der Waals surface area contributed by atoms with E-state index in [-0.39, 0.29) is 17.9 Å². The second-order valence-electron chi connectivity index (χ2n) is 8.36. The van der Waals surface area contributed by atoms with Gasteiger partial charge < -0.3 is 0 Å². The molecule has 0 saturated heterocycles. The SMILES string of the molecule is O=C(c1cccc(Cl)c1)N1N=C2/C(=C/c3ccc(Br)cc3)CCC[C@H]2[C@H]1c1ccc(Br)cc1. The molecule has 0 bridgehead atoms. The molecule has 0 aromatic heterocycles. The Balaban J connectivity index is 1.58. The fourth-order valence-electron chi connectivity index (χ4n) is 4.68. The molecule has 0 N–H and O–H groups in total. The van der Waals surface area contributed by atoms with Crippen molar-refractivity contribution in [3.05, 3.63) is 109 Å². The van der Waals surface area contributed by atoms with Crippen LogP contribution in [0.2, 0.25) is 5.02 Å². The topological polar surface area (TPSA) is 32.7 Å². The van der Waals surface area contributed by atoms with Crippen LogP contribution in [0.25, 0.3) is 6.08 Å². The van der Waals surface area contributed by atoms with Crippen molar-refractivity contribution in [3.8, 4) is 0 Å². The van der Waals surface area contributed by atoms with Crippen LogP contribution in [-0.4, -0.2) is 16.6 Å². The smallest absolute Gasteiger partial charge is 0.267 e. The first kappa shape index (κ1) is 22.6. The molecule has 3 nitrogen and oxygen atoms in total. The van der Waals surface area contributed by atoms with E-state index in [0.29, 0.717) is 10.6 Å². The lowest BCUT2D eigenvalue weighted by molar-refractivity contribution is 0.0681. The van der Waals surface area contributed by atoms with Crippen LogP contribution in [0, 0.1) is 5.92 Å². The second-order valence-corrected chi connectivity index (χ2v) is 10.6. The summed E-state index contributed by atoms with van der Waals surface area (Å²) in [6.45, 7) is 0. The van der Waals surface area contributed by atoms with Crippen LogP contribution >= 0.6 is 43.5 Å². The molecule has 3 aromatic carbocycles. The first-order chi connectivity index (χ1) is 16.0. The summed E-state index contributed by atoms with van der Waals surface area (Å²) in [6.07, 6.45) is 5.23. The van der Waals surface area contributed by atoms with Crippen molar-refractivity contribution in [1.82, 2.24) is 5.01 Å². The first-order valence-electron chi connectivity index (χ1n) is 10.9. The Hall–Kier alpha value is -2.21. The van der Waals surface area contributed by atoms with E-state index < -0.39 is 0 Å². The quantitative estimate of drug-likeness (QED) is 0.305. The summed E-state index contributed by atoms with van der Waals surface area (Å²) in [6, 6.07) is 23.4. The number of amides is 1. The number of benzene rings is 3. The molecule has 1 aliphatic carbocycles. The van der Waals surface area contributed by atoms with Gasteiger partial charge in [0.25, 0.3) is 5.91 Å². The maximum absolute atomic E-state index is 13.6. The molecule has 2 aliphatic rings. The van der Waals surface area contributed by atoms with Crippen molar-refractivity contribution in [3.63, 3.8) is 0 Å². The van der Waals surface area contributed by atoms with E-state index >= 15 is 0 Å². The average molecular weight is 585 g/mol. The summed E-state index contributed by atoms with van der Waals surface area (Å²) in [5, 5.41) is 7.18. The normalized spacial score (nSPS) is 21.1. The van der Waals surface area contributed by atoms with Gasteiger partial charge in [-0.2, -0.15) is 5.10 Å².